The van der Waals surface area contributed by atoms with E-state index >= 15 is 0 Å². The SMILES string of the molecule is CNc1ncnc2c1ncn2[C@H]1C[C@H](OP(=O)(O)O)[C@@]2(CP(=O)(O)O)C[C@H]12. The van der Waals surface area contributed by atoms with Crippen LogP contribution in [-0.2, 0) is 13.7 Å². The van der Waals surface area contributed by atoms with Gasteiger partial charge in [-0.3, -0.25) is 9.09 Å². The third-order valence-electron chi connectivity index (χ3n) is 5.46. The van der Waals surface area contributed by atoms with Crippen LogP contribution in [0.5, 0.6) is 0 Å². The van der Waals surface area contributed by atoms with Crippen LogP contribution in [0.25, 0.3) is 11.2 Å². The maximum absolute atomic E-state index is 11.6. The van der Waals surface area contributed by atoms with E-state index < -0.39 is 33.1 Å². The van der Waals surface area contributed by atoms with Gasteiger partial charge in [0.1, 0.15) is 11.8 Å². The van der Waals surface area contributed by atoms with Gasteiger partial charge in [-0.05, 0) is 18.8 Å². The van der Waals surface area contributed by atoms with Crippen molar-refractivity contribution in [3.05, 3.63) is 12.7 Å². The third kappa shape index (κ3) is 3.31. The highest BCUT2D eigenvalue weighted by atomic mass is 31.2. The zero-order valence-electron chi connectivity index (χ0n) is 14.2. The van der Waals surface area contributed by atoms with Gasteiger partial charge in [0.2, 0.25) is 0 Å². The maximum atomic E-state index is 11.6. The number of imidazole rings is 1. The molecule has 0 saturated heterocycles. The minimum atomic E-state index is -4.81. The second-order valence-electron chi connectivity index (χ2n) is 7.05. The van der Waals surface area contributed by atoms with Crippen molar-refractivity contribution in [1.82, 2.24) is 19.5 Å². The maximum Gasteiger partial charge on any atom is 0.469 e. The molecular weight excluding hydrogens is 400 g/mol. The number of nitrogens with one attached hydrogen (secondary N) is 1. The Bertz CT molecular complexity index is 987. The van der Waals surface area contributed by atoms with Gasteiger partial charge in [0.05, 0.1) is 18.6 Å². The Morgan fingerprint density at radius 3 is 2.67 bits per heavy atom. The van der Waals surface area contributed by atoms with Crippen LogP contribution in [0.3, 0.4) is 0 Å². The molecule has 2 heterocycles. The van der Waals surface area contributed by atoms with Gasteiger partial charge in [0.15, 0.2) is 11.5 Å². The van der Waals surface area contributed by atoms with Gasteiger partial charge in [0, 0.05) is 18.5 Å². The van der Waals surface area contributed by atoms with Gasteiger partial charge in [-0.25, -0.2) is 19.5 Å². The van der Waals surface area contributed by atoms with Crippen LogP contribution in [-0.4, -0.2) is 58.4 Å². The molecule has 4 atom stereocenters. The summed E-state index contributed by atoms with van der Waals surface area (Å²) in [6, 6.07) is -0.294. The molecule has 5 N–H and O–H groups in total. The van der Waals surface area contributed by atoms with Gasteiger partial charge < -0.3 is 29.5 Å². The molecule has 0 aromatic carbocycles. The molecule has 0 spiro atoms. The zero-order valence-corrected chi connectivity index (χ0v) is 16.0. The fraction of sp³-hybridized carbons (Fsp3) is 0.615. The molecule has 2 aliphatic rings. The molecule has 27 heavy (non-hydrogen) atoms. The predicted molar refractivity (Wildman–Crippen MR) is 92.9 cm³/mol. The molecular formula is C13H19N5O7P2. The summed E-state index contributed by atoms with van der Waals surface area (Å²) in [4.78, 5) is 50.0. The largest absolute Gasteiger partial charge is 0.469 e. The Balaban J connectivity index is 1.72. The lowest BCUT2D eigenvalue weighted by Gasteiger charge is -2.24. The molecule has 2 aromatic heterocycles. The smallest absolute Gasteiger partial charge is 0.371 e. The normalized spacial score (nSPS) is 30.5. The summed E-state index contributed by atoms with van der Waals surface area (Å²) in [5, 5.41) is 2.92. The molecule has 2 aromatic rings. The van der Waals surface area contributed by atoms with Crippen LogP contribution in [0.1, 0.15) is 18.9 Å². The van der Waals surface area contributed by atoms with Gasteiger partial charge in [-0.2, -0.15) is 0 Å². The van der Waals surface area contributed by atoms with Crippen LogP contribution in [0.2, 0.25) is 0 Å². The second-order valence-corrected chi connectivity index (χ2v) is 9.89. The molecule has 0 radical (unpaired) electrons. The minimum absolute atomic E-state index is 0.195. The highest BCUT2D eigenvalue weighted by molar-refractivity contribution is 7.51. The molecule has 0 amide bonds. The van der Waals surface area contributed by atoms with Crippen molar-refractivity contribution in [2.24, 2.45) is 11.3 Å². The number of rotatable bonds is 6. The van der Waals surface area contributed by atoms with E-state index in [4.69, 9.17) is 4.52 Å². The van der Waals surface area contributed by atoms with Gasteiger partial charge in [0.25, 0.3) is 0 Å². The van der Waals surface area contributed by atoms with E-state index in [-0.39, 0.29) is 18.4 Å². The van der Waals surface area contributed by atoms with E-state index in [2.05, 4.69) is 20.3 Å². The Morgan fingerprint density at radius 1 is 1.30 bits per heavy atom. The number of anilines is 1. The molecule has 0 aliphatic heterocycles. The molecule has 0 unspecified atom stereocenters. The first-order chi connectivity index (χ1) is 12.5. The van der Waals surface area contributed by atoms with Crippen molar-refractivity contribution in [2.45, 2.75) is 25.0 Å². The summed E-state index contributed by atoms with van der Waals surface area (Å²) in [6.07, 6.45) is 2.09. The van der Waals surface area contributed by atoms with E-state index in [0.29, 0.717) is 23.4 Å². The monoisotopic (exact) mass is 419 g/mol. The van der Waals surface area contributed by atoms with Crippen molar-refractivity contribution >= 4 is 32.4 Å². The lowest BCUT2D eigenvalue weighted by atomic mass is 10.0. The topological polar surface area (TPSA) is 180 Å². The van der Waals surface area contributed by atoms with Gasteiger partial charge in [-0.15, -0.1) is 0 Å². The Labute approximate surface area is 153 Å². The highest BCUT2D eigenvalue weighted by Gasteiger charge is 2.70. The average Bonchev–Trinajstić information content (AvgIpc) is 2.95. The van der Waals surface area contributed by atoms with E-state index in [0.717, 1.165) is 0 Å². The van der Waals surface area contributed by atoms with E-state index in [1.807, 2.05) is 0 Å². The van der Waals surface area contributed by atoms with Crippen molar-refractivity contribution in [1.29, 1.82) is 0 Å². The van der Waals surface area contributed by atoms with Crippen molar-refractivity contribution in [3.8, 4) is 0 Å². The standard InChI is InChI=1S/C13H19N5O7P2/c1-14-11-10-12(16-5-15-11)18(6-17-10)8-2-9(25-27(22,23)24)13(3-7(8)13)4-26(19,20)21/h5-9H,2-4H2,1H3,(H,14,15,16)(H2,19,20,21)(H2,22,23,24)/t7-,8+,9+,13-/m1/s1. The molecule has 2 fully saturated rings. The van der Waals surface area contributed by atoms with Crippen LogP contribution < -0.4 is 5.32 Å². The van der Waals surface area contributed by atoms with Crippen molar-refractivity contribution in [3.63, 3.8) is 0 Å². The number of hydrogen-bond acceptors (Lipinski definition) is 7. The van der Waals surface area contributed by atoms with Crippen molar-refractivity contribution in [2.75, 3.05) is 18.5 Å². The first kappa shape index (κ1) is 18.9. The van der Waals surface area contributed by atoms with Crippen LogP contribution in [0.4, 0.5) is 5.82 Å². The number of hydrogen-bond donors (Lipinski definition) is 5. The first-order valence-electron chi connectivity index (χ1n) is 8.18. The Kier molecular flexibility index (Phi) is 4.25. The van der Waals surface area contributed by atoms with Crippen LogP contribution in [0, 0.1) is 11.3 Å². The summed E-state index contributed by atoms with van der Waals surface area (Å²) in [7, 11) is -7.51. The van der Waals surface area contributed by atoms with Crippen molar-refractivity contribution < 1.29 is 33.2 Å². The number of fused-ring (bicyclic) bond motifs is 2. The first-order valence-corrected chi connectivity index (χ1v) is 11.5. The van der Waals surface area contributed by atoms with Crippen LogP contribution >= 0.6 is 15.4 Å². The fourth-order valence-electron chi connectivity index (χ4n) is 4.42. The summed E-state index contributed by atoms with van der Waals surface area (Å²) in [6.45, 7) is 0. The lowest BCUT2D eigenvalue weighted by Crippen LogP contribution is -2.25. The molecule has 148 valence electrons. The second kappa shape index (κ2) is 6.05. The molecule has 14 heteroatoms. The van der Waals surface area contributed by atoms with E-state index in [1.165, 1.54) is 6.33 Å². The Hall–Kier alpha value is -1.39. The number of nitrogens with zero attached hydrogens (tertiary/aromatic N) is 4. The predicted octanol–water partition coefficient (Wildman–Crippen LogP) is 0.475. The summed E-state index contributed by atoms with van der Waals surface area (Å²) >= 11 is 0. The molecule has 2 saturated carbocycles. The highest BCUT2D eigenvalue weighted by Crippen LogP contribution is 2.73. The third-order valence-corrected chi connectivity index (χ3v) is 6.99. The summed E-state index contributed by atoms with van der Waals surface area (Å²) in [5.41, 5.74) is 0.106. The fourth-order valence-corrected chi connectivity index (χ4v) is 6.39. The summed E-state index contributed by atoms with van der Waals surface area (Å²) in [5.74, 6) is 0.337. The molecule has 4 rings (SSSR count). The van der Waals surface area contributed by atoms with Crippen LogP contribution in [0.15, 0.2) is 12.7 Å². The molecule has 2 aliphatic carbocycles. The average molecular weight is 419 g/mol. The quantitative estimate of drug-likeness (QED) is 0.411. The molecule has 0 bridgehead atoms. The van der Waals surface area contributed by atoms with Gasteiger partial charge in [-0.1, -0.05) is 0 Å². The molecule has 12 nitrogen and oxygen atoms in total. The number of aromatic nitrogens is 4. The van der Waals surface area contributed by atoms with Gasteiger partial charge >= 0.3 is 15.4 Å². The number of phosphoric ester groups is 1. The Morgan fingerprint density at radius 2 is 2.04 bits per heavy atom. The van der Waals surface area contributed by atoms with E-state index in [1.54, 1.807) is 17.9 Å². The van der Waals surface area contributed by atoms with E-state index in [9.17, 15) is 28.7 Å². The number of phosphoric acid groups is 1. The lowest BCUT2D eigenvalue weighted by molar-refractivity contribution is 0.0882. The zero-order chi connectivity index (χ0) is 19.6. The summed E-state index contributed by atoms with van der Waals surface area (Å²) < 4.78 is 29.7. The minimum Gasteiger partial charge on any atom is -0.371 e.